The van der Waals surface area contributed by atoms with Crippen molar-refractivity contribution in [1.29, 1.82) is 0 Å². The second-order valence-electron chi connectivity index (χ2n) is 7.69. The maximum atomic E-state index is 11.8. The molecule has 2 aromatic rings. The van der Waals surface area contributed by atoms with Crippen LogP contribution in [0.15, 0.2) is 42.5 Å². The van der Waals surface area contributed by atoms with Gasteiger partial charge in [-0.25, -0.2) is 4.79 Å². The molecule has 166 valence electrons. The summed E-state index contributed by atoms with van der Waals surface area (Å²) in [5.41, 5.74) is -0.258. The van der Waals surface area contributed by atoms with Crippen LogP contribution in [-0.4, -0.2) is 63.5 Å². The lowest BCUT2D eigenvalue weighted by molar-refractivity contribution is -0.321. The molecule has 0 radical (unpaired) electrons. The molecule has 4 N–H and O–H groups in total. The van der Waals surface area contributed by atoms with Crippen molar-refractivity contribution >= 4 is 17.6 Å². The maximum absolute atomic E-state index is 11.8. The number of rotatable bonds is 6. The fraction of sp³-hybridized carbons (Fsp3) is 0.409. The average Bonchev–Trinajstić information content (AvgIpc) is 3.15. The lowest BCUT2D eigenvalue weighted by Crippen LogP contribution is -2.67. The van der Waals surface area contributed by atoms with E-state index in [4.69, 9.17) is 25.8 Å². The van der Waals surface area contributed by atoms with Crippen molar-refractivity contribution in [1.82, 2.24) is 0 Å². The lowest BCUT2D eigenvalue weighted by atomic mass is 9.83. The van der Waals surface area contributed by atoms with Crippen molar-refractivity contribution in [2.75, 3.05) is 13.2 Å². The van der Waals surface area contributed by atoms with Crippen molar-refractivity contribution in [3.63, 3.8) is 0 Å². The first kappa shape index (κ1) is 22.0. The van der Waals surface area contributed by atoms with E-state index < -0.39 is 42.3 Å². The molecule has 2 aliphatic heterocycles. The topological polar surface area (TPSA) is 126 Å². The molecule has 0 saturated carbocycles. The highest BCUT2D eigenvalue weighted by Gasteiger charge is 2.70. The molecule has 0 spiro atoms. The summed E-state index contributed by atoms with van der Waals surface area (Å²) in [6.07, 6.45) is -4.90. The first-order chi connectivity index (χ1) is 14.7. The zero-order valence-electron chi connectivity index (χ0n) is 16.7. The Morgan fingerprint density at radius 2 is 1.87 bits per heavy atom. The number of halogens is 1. The highest BCUT2D eigenvalue weighted by Crippen LogP contribution is 2.50. The number of aliphatic hydroxyl groups is 3. The predicted octanol–water partition coefficient (Wildman–Crippen LogP) is 1.45. The second-order valence-corrected chi connectivity index (χ2v) is 8.10. The molecule has 2 aromatic carbocycles. The molecule has 0 aromatic heterocycles. The van der Waals surface area contributed by atoms with Crippen LogP contribution in [0.4, 0.5) is 0 Å². The standard InChI is InChI=1S/C22H23ClO8/c1-2-29-15-6-3-12(4-7-15)9-13-10-14(5-8-16(13)23)22-19(26)17(24)18(25)21(31-22,11-30-22)20(27)28/h3-8,10,17-19,24-26H,2,9,11H2,1H3,(H,27,28). The number of hydrogen-bond acceptors (Lipinski definition) is 7. The summed E-state index contributed by atoms with van der Waals surface area (Å²) in [6.45, 7) is 1.94. The number of aliphatic carboxylic acids is 1. The minimum absolute atomic E-state index is 0.291. The summed E-state index contributed by atoms with van der Waals surface area (Å²) in [7, 11) is 0. The summed E-state index contributed by atoms with van der Waals surface area (Å²) < 4.78 is 16.7. The van der Waals surface area contributed by atoms with E-state index in [1.54, 1.807) is 12.1 Å². The van der Waals surface area contributed by atoms with Crippen molar-refractivity contribution < 1.29 is 39.4 Å². The monoisotopic (exact) mass is 450 g/mol. The van der Waals surface area contributed by atoms with E-state index in [0.29, 0.717) is 29.2 Å². The molecular weight excluding hydrogens is 428 g/mol. The molecule has 5 unspecified atom stereocenters. The quantitative estimate of drug-likeness (QED) is 0.521. The SMILES string of the molecule is CCOc1ccc(Cc2cc(C34OCC(C(=O)O)(O3)C(O)C(O)C4O)ccc2Cl)cc1. The van der Waals surface area contributed by atoms with E-state index in [0.717, 1.165) is 11.3 Å². The Morgan fingerprint density at radius 3 is 2.52 bits per heavy atom. The molecule has 31 heavy (non-hydrogen) atoms. The van der Waals surface area contributed by atoms with Crippen LogP contribution in [0.3, 0.4) is 0 Å². The van der Waals surface area contributed by atoms with Crippen LogP contribution in [0.2, 0.25) is 5.02 Å². The maximum Gasteiger partial charge on any atom is 0.341 e. The molecule has 2 fully saturated rings. The van der Waals surface area contributed by atoms with Gasteiger partial charge in [-0.15, -0.1) is 0 Å². The molecule has 9 heteroatoms. The van der Waals surface area contributed by atoms with Gasteiger partial charge in [0.1, 0.15) is 24.1 Å². The normalized spacial score (nSPS) is 32.1. The first-order valence-electron chi connectivity index (χ1n) is 9.86. The molecule has 0 amide bonds. The minimum Gasteiger partial charge on any atom is -0.494 e. The summed E-state index contributed by atoms with van der Waals surface area (Å²) in [6, 6.07) is 12.3. The van der Waals surface area contributed by atoms with Crippen molar-refractivity contribution in [2.45, 2.75) is 43.0 Å². The van der Waals surface area contributed by atoms with Crippen LogP contribution in [-0.2, 0) is 26.5 Å². The van der Waals surface area contributed by atoms with Gasteiger partial charge in [-0.05, 0) is 48.7 Å². The van der Waals surface area contributed by atoms with Crippen LogP contribution >= 0.6 is 11.6 Å². The van der Waals surface area contributed by atoms with Crippen LogP contribution in [0, 0.1) is 0 Å². The third-order valence-corrected chi connectivity index (χ3v) is 6.16. The summed E-state index contributed by atoms with van der Waals surface area (Å²) in [5, 5.41) is 41.3. The van der Waals surface area contributed by atoms with Gasteiger partial charge >= 0.3 is 5.97 Å². The Morgan fingerprint density at radius 1 is 1.16 bits per heavy atom. The summed E-state index contributed by atoms with van der Waals surface area (Å²) >= 11 is 6.38. The third kappa shape index (κ3) is 3.49. The predicted molar refractivity (Wildman–Crippen MR) is 109 cm³/mol. The number of fused-ring (bicyclic) bond motifs is 2. The Bertz CT molecular complexity index is 980. The molecule has 2 aliphatic rings. The number of ether oxygens (including phenoxy) is 3. The fourth-order valence-electron chi connectivity index (χ4n) is 4.07. The van der Waals surface area contributed by atoms with Crippen molar-refractivity contribution in [2.24, 2.45) is 0 Å². The van der Waals surface area contributed by atoms with E-state index in [9.17, 15) is 25.2 Å². The van der Waals surface area contributed by atoms with Gasteiger partial charge < -0.3 is 34.6 Å². The van der Waals surface area contributed by atoms with E-state index in [-0.39, 0.29) is 0 Å². The number of aliphatic hydroxyl groups excluding tert-OH is 3. The van der Waals surface area contributed by atoms with Crippen LogP contribution in [0.1, 0.15) is 23.6 Å². The molecule has 5 atom stereocenters. The first-order valence-corrected chi connectivity index (χ1v) is 10.2. The van der Waals surface area contributed by atoms with E-state index in [1.165, 1.54) is 6.07 Å². The molecule has 0 aliphatic carbocycles. The zero-order chi connectivity index (χ0) is 22.4. The molecule has 2 saturated heterocycles. The molecule has 8 nitrogen and oxygen atoms in total. The van der Waals surface area contributed by atoms with Gasteiger partial charge in [0.25, 0.3) is 0 Å². The van der Waals surface area contributed by atoms with Gasteiger partial charge in [-0.3, -0.25) is 0 Å². The van der Waals surface area contributed by atoms with E-state index >= 15 is 0 Å². The Balaban J connectivity index is 1.68. The smallest absolute Gasteiger partial charge is 0.341 e. The largest absolute Gasteiger partial charge is 0.494 e. The number of carbonyl (C=O) groups is 1. The lowest BCUT2D eigenvalue weighted by Gasteiger charge is -2.44. The molecule has 2 heterocycles. The molecular formula is C22H23ClO8. The summed E-state index contributed by atoms with van der Waals surface area (Å²) in [4.78, 5) is 11.8. The van der Waals surface area contributed by atoms with E-state index in [2.05, 4.69) is 0 Å². The van der Waals surface area contributed by atoms with Crippen molar-refractivity contribution in [3.8, 4) is 5.75 Å². The van der Waals surface area contributed by atoms with Crippen LogP contribution < -0.4 is 4.74 Å². The number of carboxylic acid groups (broad SMARTS) is 1. The van der Waals surface area contributed by atoms with Gasteiger partial charge in [0, 0.05) is 10.6 Å². The van der Waals surface area contributed by atoms with Crippen LogP contribution in [0.5, 0.6) is 5.75 Å². The summed E-state index contributed by atoms with van der Waals surface area (Å²) in [5.74, 6) is -2.69. The van der Waals surface area contributed by atoms with Gasteiger partial charge in [0.05, 0.1) is 13.2 Å². The highest BCUT2D eigenvalue weighted by atomic mass is 35.5. The second kappa shape index (κ2) is 8.05. The number of hydrogen-bond donors (Lipinski definition) is 4. The molecule has 2 bridgehead atoms. The zero-order valence-corrected chi connectivity index (χ0v) is 17.5. The minimum atomic E-state index is -2.19. The Kier molecular flexibility index (Phi) is 5.72. The average molecular weight is 451 g/mol. The van der Waals surface area contributed by atoms with Crippen molar-refractivity contribution in [3.05, 3.63) is 64.2 Å². The Hall–Kier alpha value is -2.20. The Labute approximate surface area is 183 Å². The third-order valence-electron chi connectivity index (χ3n) is 5.79. The number of benzene rings is 2. The van der Waals surface area contributed by atoms with Gasteiger partial charge in [-0.1, -0.05) is 29.8 Å². The van der Waals surface area contributed by atoms with Crippen LogP contribution in [0.25, 0.3) is 0 Å². The van der Waals surface area contributed by atoms with E-state index in [1.807, 2.05) is 31.2 Å². The highest BCUT2D eigenvalue weighted by molar-refractivity contribution is 6.31. The molecule has 4 rings (SSSR count). The number of carboxylic acids is 1. The fourth-order valence-corrected chi connectivity index (χ4v) is 4.26. The van der Waals surface area contributed by atoms with Gasteiger partial charge in [0.2, 0.25) is 11.4 Å². The van der Waals surface area contributed by atoms with Gasteiger partial charge in [-0.2, -0.15) is 0 Å². The van der Waals surface area contributed by atoms with Gasteiger partial charge in [0.15, 0.2) is 0 Å².